The summed E-state index contributed by atoms with van der Waals surface area (Å²) in [6, 6.07) is 0.518. The van der Waals surface area contributed by atoms with Crippen LogP contribution >= 0.6 is 0 Å². The zero-order valence-electron chi connectivity index (χ0n) is 10.4. The average Bonchev–Trinajstić information content (AvgIpc) is 2.27. The van der Waals surface area contributed by atoms with E-state index in [1.54, 1.807) is 0 Å². The molecule has 0 aliphatic carbocycles. The lowest BCUT2D eigenvalue weighted by Crippen LogP contribution is -2.35. The molecule has 0 spiro atoms. The summed E-state index contributed by atoms with van der Waals surface area (Å²) in [6.45, 7) is 5.78. The van der Waals surface area contributed by atoms with Crippen LogP contribution in [0.1, 0.15) is 46.0 Å². The van der Waals surface area contributed by atoms with Crippen LogP contribution in [0.2, 0.25) is 0 Å². The predicted molar refractivity (Wildman–Crippen MR) is 63.8 cm³/mol. The summed E-state index contributed by atoms with van der Waals surface area (Å²) in [5, 5.41) is 3.43. The Morgan fingerprint density at radius 3 is 2.94 bits per heavy atom. The van der Waals surface area contributed by atoms with Gasteiger partial charge in [0.25, 0.3) is 0 Å². The van der Waals surface area contributed by atoms with Crippen molar-refractivity contribution < 1.29 is 9.63 Å². The quantitative estimate of drug-likeness (QED) is 0.679. The number of carbonyl (C=O) groups excluding carboxylic acids is 1. The van der Waals surface area contributed by atoms with Crippen LogP contribution in [0.4, 0.5) is 0 Å². The minimum absolute atomic E-state index is 0.00646. The zero-order chi connectivity index (χ0) is 11.8. The highest BCUT2D eigenvalue weighted by atomic mass is 16.6. The molecule has 16 heavy (non-hydrogen) atoms. The van der Waals surface area contributed by atoms with Gasteiger partial charge in [0.15, 0.2) is 0 Å². The third kappa shape index (κ3) is 6.08. The van der Waals surface area contributed by atoms with Crippen LogP contribution < -0.4 is 10.8 Å². The zero-order valence-corrected chi connectivity index (χ0v) is 10.4. The predicted octanol–water partition coefficient (Wildman–Crippen LogP) is 1.61. The van der Waals surface area contributed by atoms with Crippen molar-refractivity contribution in [3.63, 3.8) is 0 Å². The van der Waals surface area contributed by atoms with Crippen LogP contribution in [0, 0.1) is 5.92 Å². The van der Waals surface area contributed by atoms with Gasteiger partial charge in [0, 0.05) is 12.5 Å². The van der Waals surface area contributed by atoms with Crippen molar-refractivity contribution in [1.29, 1.82) is 0 Å². The molecular formula is C12H24N2O2. The van der Waals surface area contributed by atoms with Gasteiger partial charge in [-0.2, -0.15) is 0 Å². The molecule has 0 aromatic carbocycles. The molecular weight excluding hydrogens is 204 g/mol. The van der Waals surface area contributed by atoms with Crippen molar-refractivity contribution in [3.05, 3.63) is 0 Å². The summed E-state index contributed by atoms with van der Waals surface area (Å²) >= 11 is 0. The monoisotopic (exact) mass is 228 g/mol. The highest BCUT2D eigenvalue weighted by molar-refractivity contribution is 5.74. The number of hydroxylamine groups is 1. The smallest absolute Gasteiger partial charge is 0.243 e. The largest absolute Gasteiger partial charge is 0.314 e. The summed E-state index contributed by atoms with van der Waals surface area (Å²) in [7, 11) is 0. The molecule has 1 rings (SSSR count). The van der Waals surface area contributed by atoms with Gasteiger partial charge in [0.1, 0.15) is 0 Å². The standard InChI is InChI=1S/C12H24N2O2/c1-10(2)9-16-14-12(15)7-6-11-5-3-4-8-13-11/h10-11,13H,3-9H2,1-2H3,(H,14,15). The van der Waals surface area contributed by atoms with E-state index in [2.05, 4.69) is 24.6 Å². The Morgan fingerprint density at radius 1 is 1.50 bits per heavy atom. The Bertz CT molecular complexity index is 201. The number of hydrogen-bond donors (Lipinski definition) is 2. The van der Waals surface area contributed by atoms with Gasteiger partial charge >= 0.3 is 0 Å². The van der Waals surface area contributed by atoms with Gasteiger partial charge in [-0.05, 0) is 31.7 Å². The fourth-order valence-electron chi connectivity index (χ4n) is 1.82. The van der Waals surface area contributed by atoms with Crippen LogP contribution in [-0.2, 0) is 9.63 Å². The molecule has 0 aromatic heterocycles. The number of piperidine rings is 1. The maximum atomic E-state index is 11.4. The lowest BCUT2D eigenvalue weighted by atomic mass is 10.0. The van der Waals surface area contributed by atoms with E-state index in [1.807, 2.05) is 0 Å². The molecule has 2 N–H and O–H groups in total. The first-order valence-corrected chi connectivity index (χ1v) is 6.32. The average molecular weight is 228 g/mol. The molecule has 1 atom stereocenters. The van der Waals surface area contributed by atoms with Crippen LogP contribution in [0.5, 0.6) is 0 Å². The van der Waals surface area contributed by atoms with Crippen LogP contribution in [0.3, 0.4) is 0 Å². The van der Waals surface area contributed by atoms with Crippen molar-refractivity contribution in [2.45, 2.75) is 52.0 Å². The SMILES string of the molecule is CC(C)CONC(=O)CCC1CCCCN1. The van der Waals surface area contributed by atoms with E-state index in [9.17, 15) is 4.79 Å². The van der Waals surface area contributed by atoms with Crippen LogP contribution in [-0.4, -0.2) is 25.1 Å². The molecule has 1 aliphatic rings. The van der Waals surface area contributed by atoms with E-state index in [0.717, 1.165) is 13.0 Å². The number of amides is 1. The maximum Gasteiger partial charge on any atom is 0.243 e. The van der Waals surface area contributed by atoms with Gasteiger partial charge < -0.3 is 5.32 Å². The van der Waals surface area contributed by atoms with Gasteiger partial charge in [0.05, 0.1) is 6.61 Å². The first-order valence-electron chi connectivity index (χ1n) is 6.32. The Balaban J connectivity index is 2.00. The molecule has 4 nitrogen and oxygen atoms in total. The Morgan fingerprint density at radius 2 is 2.31 bits per heavy atom. The van der Waals surface area contributed by atoms with E-state index in [0.29, 0.717) is 25.0 Å². The van der Waals surface area contributed by atoms with Gasteiger partial charge in [-0.3, -0.25) is 9.63 Å². The van der Waals surface area contributed by atoms with Gasteiger partial charge in [-0.15, -0.1) is 0 Å². The van der Waals surface area contributed by atoms with Crippen molar-refractivity contribution in [2.24, 2.45) is 5.92 Å². The number of nitrogens with one attached hydrogen (secondary N) is 2. The van der Waals surface area contributed by atoms with Crippen LogP contribution in [0.15, 0.2) is 0 Å². The minimum Gasteiger partial charge on any atom is -0.314 e. The molecule has 1 amide bonds. The lowest BCUT2D eigenvalue weighted by Gasteiger charge is -2.22. The molecule has 94 valence electrons. The van der Waals surface area contributed by atoms with E-state index < -0.39 is 0 Å². The molecule has 1 unspecified atom stereocenters. The summed E-state index contributed by atoms with van der Waals surface area (Å²) in [5.74, 6) is 0.438. The highest BCUT2D eigenvalue weighted by Gasteiger charge is 2.13. The van der Waals surface area contributed by atoms with E-state index in [1.165, 1.54) is 19.3 Å². The molecule has 0 radical (unpaired) electrons. The minimum atomic E-state index is -0.00646. The number of hydrogen-bond acceptors (Lipinski definition) is 3. The fourth-order valence-corrected chi connectivity index (χ4v) is 1.82. The van der Waals surface area contributed by atoms with Crippen molar-refractivity contribution in [1.82, 2.24) is 10.8 Å². The molecule has 0 saturated carbocycles. The van der Waals surface area contributed by atoms with Crippen molar-refractivity contribution >= 4 is 5.91 Å². The number of rotatable bonds is 6. The second kappa shape index (κ2) is 7.63. The van der Waals surface area contributed by atoms with Gasteiger partial charge in [-0.25, -0.2) is 5.48 Å². The molecule has 1 saturated heterocycles. The molecule has 1 aliphatic heterocycles. The third-order valence-electron chi connectivity index (χ3n) is 2.73. The molecule has 4 heteroatoms. The summed E-state index contributed by atoms with van der Waals surface area (Å²) < 4.78 is 0. The maximum absolute atomic E-state index is 11.4. The Hall–Kier alpha value is -0.610. The Labute approximate surface area is 98.1 Å². The number of carbonyl (C=O) groups is 1. The highest BCUT2D eigenvalue weighted by Crippen LogP contribution is 2.11. The molecule has 0 bridgehead atoms. The van der Waals surface area contributed by atoms with Crippen molar-refractivity contribution in [3.8, 4) is 0 Å². The van der Waals surface area contributed by atoms with Gasteiger partial charge in [0.2, 0.25) is 5.91 Å². The van der Waals surface area contributed by atoms with E-state index >= 15 is 0 Å². The van der Waals surface area contributed by atoms with E-state index in [4.69, 9.17) is 4.84 Å². The second-order valence-electron chi connectivity index (χ2n) is 4.92. The summed E-state index contributed by atoms with van der Waals surface area (Å²) in [6.07, 6.45) is 5.20. The summed E-state index contributed by atoms with van der Waals surface area (Å²) in [4.78, 5) is 16.5. The Kier molecular flexibility index (Phi) is 6.42. The van der Waals surface area contributed by atoms with Crippen molar-refractivity contribution in [2.75, 3.05) is 13.2 Å². The normalized spacial score (nSPS) is 21.1. The van der Waals surface area contributed by atoms with Crippen LogP contribution in [0.25, 0.3) is 0 Å². The van der Waals surface area contributed by atoms with E-state index in [-0.39, 0.29) is 5.91 Å². The molecule has 0 aromatic rings. The second-order valence-corrected chi connectivity index (χ2v) is 4.92. The first-order chi connectivity index (χ1) is 7.68. The molecule has 1 heterocycles. The third-order valence-corrected chi connectivity index (χ3v) is 2.73. The fraction of sp³-hybridized carbons (Fsp3) is 0.917. The summed E-state index contributed by atoms with van der Waals surface area (Å²) in [5.41, 5.74) is 2.49. The molecule has 1 fully saturated rings. The first kappa shape index (κ1) is 13.5. The topological polar surface area (TPSA) is 50.4 Å². The van der Waals surface area contributed by atoms with Gasteiger partial charge in [-0.1, -0.05) is 20.3 Å². The lowest BCUT2D eigenvalue weighted by molar-refractivity contribution is -0.134.